The number of nitrogens with zero attached hydrogens (tertiary/aromatic N) is 1. The first-order valence-electron chi connectivity index (χ1n) is 5.34. The molecule has 6 nitrogen and oxygen atoms in total. The fourth-order valence-corrected chi connectivity index (χ4v) is 2.11. The Morgan fingerprint density at radius 2 is 2.22 bits per heavy atom. The molecule has 0 unspecified atom stereocenters. The third-order valence-corrected chi connectivity index (χ3v) is 3.31. The lowest BCUT2D eigenvalue weighted by Crippen LogP contribution is -2.37. The molecule has 0 bridgehead atoms. The van der Waals surface area contributed by atoms with E-state index in [1.807, 2.05) is 11.6 Å². The van der Waals surface area contributed by atoms with Gasteiger partial charge in [-0.05, 0) is 18.6 Å². The van der Waals surface area contributed by atoms with E-state index in [-0.39, 0.29) is 0 Å². The van der Waals surface area contributed by atoms with E-state index in [0.29, 0.717) is 6.54 Å². The van der Waals surface area contributed by atoms with Gasteiger partial charge in [0.05, 0.1) is 6.54 Å². The zero-order valence-corrected chi connectivity index (χ0v) is 10.6. The number of carbonyl (C=O) groups is 1. The van der Waals surface area contributed by atoms with Crippen LogP contribution in [0.25, 0.3) is 0 Å². The van der Waals surface area contributed by atoms with Gasteiger partial charge in [0, 0.05) is 12.7 Å². The summed E-state index contributed by atoms with van der Waals surface area (Å²) >= 11 is 0. The van der Waals surface area contributed by atoms with Crippen LogP contribution in [-0.2, 0) is 14.8 Å². The van der Waals surface area contributed by atoms with E-state index in [1.165, 1.54) is 6.07 Å². The molecule has 0 saturated heterocycles. The zero-order valence-electron chi connectivity index (χ0n) is 9.81. The van der Waals surface area contributed by atoms with Crippen LogP contribution in [0.15, 0.2) is 23.4 Å². The Kier molecular flexibility index (Phi) is 5.17. The fourth-order valence-electron chi connectivity index (χ4n) is 1.12. The highest BCUT2D eigenvalue weighted by atomic mass is 32.2. The summed E-state index contributed by atoms with van der Waals surface area (Å²) in [5.41, 5.74) is 0. The average molecular weight is 275 g/mol. The Labute approximate surface area is 105 Å². The standard InChI is InChI=1S/C10H14FN3O3S/c1-2-5-12-9(15)7-14-18(16,17)10-8(11)4-3-6-13-10/h3-4,6,14H,2,5,7H2,1H3,(H,12,15). The molecular formula is C10H14FN3O3S. The minimum absolute atomic E-state index is 0.446. The molecule has 0 saturated carbocycles. The second-order valence-electron chi connectivity index (χ2n) is 3.46. The number of nitrogens with one attached hydrogen (secondary N) is 2. The van der Waals surface area contributed by atoms with Gasteiger partial charge in [-0.2, -0.15) is 0 Å². The lowest BCUT2D eigenvalue weighted by Gasteiger charge is -2.06. The molecule has 0 atom stereocenters. The topological polar surface area (TPSA) is 88.2 Å². The summed E-state index contributed by atoms with van der Waals surface area (Å²) in [6, 6.07) is 2.26. The summed E-state index contributed by atoms with van der Waals surface area (Å²) in [7, 11) is -4.11. The van der Waals surface area contributed by atoms with Crippen LogP contribution in [0.1, 0.15) is 13.3 Å². The molecule has 100 valence electrons. The number of halogens is 1. The van der Waals surface area contributed by atoms with Crippen molar-refractivity contribution < 1.29 is 17.6 Å². The first kappa shape index (κ1) is 14.5. The average Bonchev–Trinajstić information content (AvgIpc) is 2.34. The Morgan fingerprint density at radius 3 is 2.83 bits per heavy atom. The number of hydrogen-bond donors (Lipinski definition) is 2. The Hall–Kier alpha value is -1.54. The van der Waals surface area contributed by atoms with Gasteiger partial charge in [0.1, 0.15) is 0 Å². The van der Waals surface area contributed by atoms with E-state index in [9.17, 15) is 17.6 Å². The lowest BCUT2D eigenvalue weighted by molar-refractivity contribution is -0.119. The molecule has 1 heterocycles. The second kappa shape index (κ2) is 6.41. The van der Waals surface area contributed by atoms with E-state index < -0.39 is 33.3 Å². The quantitative estimate of drug-likeness (QED) is 0.766. The predicted octanol–water partition coefficient (Wildman–Crippen LogP) is 0.0252. The molecule has 1 rings (SSSR count). The van der Waals surface area contributed by atoms with Crippen LogP contribution in [0.2, 0.25) is 0 Å². The summed E-state index contributed by atoms with van der Waals surface area (Å²) in [6.07, 6.45) is 1.90. The number of rotatable bonds is 6. The van der Waals surface area contributed by atoms with Crippen LogP contribution in [0.5, 0.6) is 0 Å². The van der Waals surface area contributed by atoms with Gasteiger partial charge in [0.25, 0.3) is 10.0 Å². The molecule has 0 aliphatic rings. The molecule has 0 radical (unpaired) electrons. The van der Waals surface area contributed by atoms with Crippen LogP contribution in [0.4, 0.5) is 4.39 Å². The predicted molar refractivity (Wildman–Crippen MR) is 62.7 cm³/mol. The van der Waals surface area contributed by atoms with E-state index in [2.05, 4.69) is 10.3 Å². The fraction of sp³-hybridized carbons (Fsp3) is 0.400. The molecule has 0 aliphatic heterocycles. The van der Waals surface area contributed by atoms with Gasteiger partial charge in [-0.25, -0.2) is 22.5 Å². The van der Waals surface area contributed by atoms with Crippen molar-refractivity contribution >= 4 is 15.9 Å². The SMILES string of the molecule is CCCNC(=O)CNS(=O)(=O)c1ncccc1F. The summed E-state index contributed by atoms with van der Waals surface area (Å²) in [5.74, 6) is -1.43. The van der Waals surface area contributed by atoms with Gasteiger partial charge in [-0.3, -0.25) is 4.79 Å². The van der Waals surface area contributed by atoms with Crippen LogP contribution in [0.3, 0.4) is 0 Å². The third kappa shape index (κ3) is 4.04. The monoisotopic (exact) mass is 275 g/mol. The van der Waals surface area contributed by atoms with E-state index in [1.54, 1.807) is 0 Å². The molecule has 8 heteroatoms. The molecule has 0 aromatic carbocycles. The highest BCUT2D eigenvalue weighted by Crippen LogP contribution is 2.08. The van der Waals surface area contributed by atoms with Crippen molar-refractivity contribution in [2.45, 2.75) is 18.4 Å². The molecule has 2 N–H and O–H groups in total. The van der Waals surface area contributed by atoms with E-state index in [0.717, 1.165) is 18.7 Å². The van der Waals surface area contributed by atoms with Crippen molar-refractivity contribution in [3.63, 3.8) is 0 Å². The molecule has 0 spiro atoms. The zero-order chi connectivity index (χ0) is 13.6. The van der Waals surface area contributed by atoms with Crippen molar-refractivity contribution in [3.8, 4) is 0 Å². The van der Waals surface area contributed by atoms with Crippen molar-refractivity contribution in [2.24, 2.45) is 0 Å². The molecule has 0 aliphatic carbocycles. The number of carbonyl (C=O) groups excluding carboxylic acids is 1. The third-order valence-electron chi connectivity index (χ3n) is 1.97. The summed E-state index contributed by atoms with van der Waals surface area (Å²) in [5, 5.41) is 1.78. The van der Waals surface area contributed by atoms with E-state index in [4.69, 9.17) is 0 Å². The molecule has 1 aromatic rings. The summed E-state index contributed by atoms with van der Waals surface area (Å²) < 4.78 is 38.5. The molecule has 1 amide bonds. The smallest absolute Gasteiger partial charge is 0.261 e. The van der Waals surface area contributed by atoms with Gasteiger partial charge < -0.3 is 5.32 Å². The molecule has 1 aromatic heterocycles. The van der Waals surface area contributed by atoms with Crippen molar-refractivity contribution in [1.29, 1.82) is 0 Å². The van der Waals surface area contributed by atoms with Crippen molar-refractivity contribution in [2.75, 3.05) is 13.1 Å². The maximum atomic E-state index is 13.2. The van der Waals surface area contributed by atoms with Gasteiger partial charge >= 0.3 is 0 Å². The number of sulfonamides is 1. The second-order valence-corrected chi connectivity index (χ2v) is 5.15. The molecule has 0 fully saturated rings. The molecular weight excluding hydrogens is 261 g/mol. The number of hydrogen-bond acceptors (Lipinski definition) is 4. The first-order chi connectivity index (χ1) is 8.47. The largest absolute Gasteiger partial charge is 0.355 e. The van der Waals surface area contributed by atoms with Gasteiger partial charge in [-0.1, -0.05) is 6.92 Å². The van der Waals surface area contributed by atoms with Crippen molar-refractivity contribution in [3.05, 3.63) is 24.1 Å². The van der Waals surface area contributed by atoms with Gasteiger partial charge in [-0.15, -0.1) is 0 Å². The summed E-state index contributed by atoms with van der Waals surface area (Å²) in [6.45, 7) is 1.88. The van der Waals surface area contributed by atoms with Crippen molar-refractivity contribution in [1.82, 2.24) is 15.0 Å². The minimum atomic E-state index is -4.11. The number of aromatic nitrogens is 1. The number of amides is 1. The van der Waals surface area contributed by atoms with Crippen LogP contribution < -0.4 is 10.0 Å². The first-order valence-corrected chi connectivity index (χ1v) is 6.82. The number of pyridine rings is 1. The Morgan fingerprint density at radius 1 is 1.50 bits per heavy atom. The van der Waals surface area contributed by atoms with E-state index >= 15 is 0 Å². The van der Waals surface area contributed by atoms with Gasteiger partial charge in [0.2, 0.25) is 10.9 Å². The van der Waals surface area contributed by atoms with Crippen LogP contribution >= 0.6 is 0 Å². The highest BCUT2D eigenvalue weighted by molar-refractivity contribution is 7.89. The Bertz CT molecular complexity index is 519. The normalized spacial score (nSPS) is 11.2. The Balaban J connectivity index is 2.67. The minimum Gasteiger partial charge on any atom is -0.355 e. The maximum Gasteiger partial charge on any atom is 0.261 e. The lowest BCUT2D eigenvalue weighted by atomic mass is 10.5. The van der Waals surface area contributed by atoms with Gasteiger partial charge in [0.15, 0.2) is 5.82 Å². The maximum absolute atomic E-state index is 13.2. The highest BCUT2D eigenvalue weighted by Gasteiger charge is 2.20. The van der Waals surface area contributed by atoms with Crippen LogP contribution in [-0.4, -0.2) is 32.4 Å². The summed E-state index contributed by atoms with van der Waals surface area (Å²) in [4.78, 5) is 14.6. The molecule has 18 heavy (non-hydrogen) atoms. The van der Waals surface area contributed by atoms with Crippen LogP contribution in [0, 0.1) is 5.82 Å².